The Labute approximate surface area is 188 Å². The van der Waals surface area contributed by atoms with Gasteiger partial charge < -0.3 is 24.6 Å². The topological polar surface area (TPSA) is 79.6 Å². The molecule has 1 aliphatic heterocycles. The van der Waals surface area contributed by atoms with Crippen molar-refractivity contribution in [1.29, 1.82) is 0 Å². The monoisotopic (exact) mass is 462 g/mol. The molecule has 3 aromatic rings. The molecule has 0 spiro atoms. The van der Waals surface area contributed by atoms with Crippen LogP contribution in [0, 0.1) is 0 Å². The number of carbonyl (C=O) groups excluding carboxylic acids is 1. The van der Waals surface area contributed by atoms with Crippen LogP contribution in [0.2, 0.25) is 0 Å². The molecule has 176 valence electrons. The lowest BCUT2D eigenvalue weighted by atomic mass is 9.99. The number of halogens is 3. The van der Waals surface area contributed by atoms with Crippen molar-refractivity contribution in [2.75, 3.05) is 31.2 Å². The van der Waals surface area contributed by atoms with Crippen LogP contribution in [0.5, 0.6) is 5.75 Å². The number of hydrogen-bond donors (Lipinski definition) is 2. The zero-order valence-corrected chi connectivity index (χ0v) is 18.3. The second-order valence-corrected chi connectivity index (χ2v) is 8.11. The molecule has 2 aromatic heterocycles. The normalized spacial score (nSPS) is 15.6. The van der Waals surface area contributed by atoms with E-state index in [0.717, 1.165) is 22.5 Å². The number of phenols is 1. The van der Waals surface area contributed by atoms with E-state index in [1.165, 1.54) is 6.07 Å². The summed E-state index contributed by atoms with van der Waals surface area (Å²) in [5.74, 6) is -0.506. The zero-order chi connectivity index (χ0) is 23.8. The lowest BCUT2D eigenvalue weighted by molar-refractivity contribution is -0.141. The van der Waals surface area contributed by atoms with Gasteiger partial charge in [-0.3, -0.25) is 4.79 Å². The van der Waals surface area contributed by atoms with Gasteiger partial charge >= 0.3 is 6.18 Å². The molecule has 1 atom stereocenters. The fourth-order valence-corrected chi connectivity index (χ4v) is 4.05. The maximum Gasteiger partial charge on any atom is 0.433 e. The second kappa shape index (κ2) is 8.93. The van der Waals surface area contributed by atoms with Crippen molar-refractivity contribution in [3.8, 4) is 5.75 Å². The van der Waals surface area contributed by atoms with E-state index in [4.69, 9.17) is 4.74 Å². The van der Waals surface area contributed by atoms with Gasteiger partial charge in [-0.15, -0.1) is 0 Å². The standard InChI is InChI=1S/C23H25F3N4O3/c1-14(18-13-29(2)19-5-4-16(31)11-17(18)19)22(32)27-12-15-3-6-20(23(24,25)26)28-21(15)30-7-9-33-10-8-30/h3-6,11,13-14,31H,7-10,12H2,1-2H3,(H,27,32). The highest BCUT2D eigenvalue weighted by molar-refractivity contribution is 5.92. The number of hydrogen-bond acceptors (Lipinski definition) is 5. The Hall–Kier alpha value is -3.27. The van der Waals surface area contributed by atoms with Crippen molar-refractivity contribution in [2.45, 2.75) is 25.6 Å². The Kier molecular flexibility index (Phi) is 6.20. The first-order chi connectivity index (χ1) is 15.6. The molecular weight excluding hydrogens is 437 g/mol. The number of phenolic OH excluding ortho intramolecular Hbond substituents is 1. The van der Waals surface area contributed by atoms with Crippen molar-refractivity contribution in [2.24, 2.45) is 7.05 Å². The number of amides is 1. The lowest BCUT2D eigenvalue weighted by Crippen LogP contribution is -2.38. The van der Waals surface area contributed by atoms with Crippen LogP contribution in [0.3, 0.4) is 0 Å². The van der Waals surface area contributed by atoms with Crippen LogP contribution in [0.1, 0.15) is 29.7 Å². The molecule has 1 aliphatic rings. The van der Waals surface area contributed by atoms with E-state index in [0.29, 0.717) is 31.9 Å². The highest BCUT2D eigenvalue weighted by atomic mass is 19.4. The van der Waals surface area contributed by atoms with E-state index in [1.54, 1.807) is 30.0 Å². The van der Waals surface area contributed by atoms with Gasteiger partial charge in [0.1, 0.15) is 17.3 Å². The van der Waals surface area contributed by atoms with Crippen molar-refractivity contribution >= 4 is 22.6 Å². The van der Waals surface area contributed by atoms with Crippen molar-refractivity contribution in [3.63, 3.8) is 0 Å². The van der Waals surface area contributed by atoms with Gasteiger partial charge in [-0.1, -0.05) is 6.07 Å². The van der Waals surface area contributed by atoms with Crippen LogP contribution < -0.4 is 10.2 Å². The maximum atomic E-state index is 13.2. The fourth-order valence-electron chi connectivity index (χ4n) is 4.05. The first-order valence-corrected chi connectivity index (χ1v) is 10.6. The third-order valence-corrected chi connectivity index (χ3v) is 5.87. The molecular formula is C23H25F3N4O3. The molecule has 0 radical (unpaired) electrons. The van der Waals surface area contributed by atoms with Crippen LogP contribution in [-0.4, -0.2) is 46.9 Å². The Bertz CT molecular complexity index is 1170. The summed E-state index contributed by atoms with van der Waals surface area (Å²) < 4.78 is 46.9. The average Bonchev–Trinajstić information content (AvgIpc) is 3.12. The third-order valence-electron chi connectivity index (χ3n) is 5.87. The van der Waals surface area contributed by atoms with Gasteiger partial charge in [-0.25, -0.2) is 4.98 Å². The van der Waals surface area contributed by atoms with Crippen LogP contribution in [0.15, 0.2) is 36.5 Å². The number of fused-ring (bicyclic) bond motifs is 1. The number of benzene rings is 1. The van der Waals surface area contributed by atoms with E-state index < -0.39 is 17.8 Å². The van der Waals surface area contributed by atoms with E-state index in [2.05, 4.69) is 10.3 Å². The molecule has 33 heavy (non-hydrogen) atoms. The molecule has 1 fully saturated rings. The summed E-state index contributed by atoms with van der Waals surface area (Å²) in [4.78, 5) is 18.6. The van der Waals surface area contributed by atoms with Gasteiger partial charge in [0, 0.05) is 49.3 Å². The summed E-state index contributed by atoms with van der Waals surface area (Å²) >= 11 is 0. The quantitative estimate of drug-likeness (QED) is 0.606. The summed E-state index contributed by atoms with van der Waals surface area (Å²) in [6.07, 6.45) is -2.72. The van der Waals surface area contributed by atoms with E-state index in [1.807, 2.05) is 17.8 Å². The van der Waals surface area contributed by atoms with Gasteiger partial charge in [0.25, 0.3) is 0 Å². The molecule has 0 aliphatic carbocycles. The first kappa shape index (κ1) is 22.9. The third kappa shape index (κ3) is 4.75. The number of nitrogens with zero attached hydrogens (tertiary/aromatic N) is 3. The first-order valence-electron chi connectivity index (χ1n) is 10.6. The number of aromatic hydroxyl groups is 1. The van der Waals surface area contributed by atoms with Crippen LogP contribution in [-0.2, 0) is 29.3 Å². The van der Waals surface area contributed by atoms with Crippen molar-refractivity contribution in [3.05, 3.63) is 53.3 Å². The molecule has 1 aromatic carbocycles. The minimum atomic E-state index is -4.56. The number of aromatic nitrogens is 2. The van der Waals surface area contributed by atoms with Gasteiger partial charge in [0.15, 0.2) is 0 Å². The number of ether oxygens (including phenoxy) is 1. The number of nitrogens with one attached hydrogen (secondary N) is 1. The Morgan fingerprint density at radius 1 is 1.24 bits per heavy atom. The summed E-state index contributed by atoms with van der Waals surface area (Å²) in [7, 11) is 1.86. The summed E-state index contributed by atoms with van der Waals surface area (Å²) in [6.45, 7) is 3.43. The van der Waals surface area contributed by atoms with E-state index in [-0.39, 0.29) is 24.0 Å². The Morgan fingerprint density at radius 2 is 1.97 bits per heavy atom. The smallest absolute Gasteiger partial charge is 0.433 e. The number of alkyl halides is 3. The van der Waals surface area contributed by atoms with Gasteiger partial charge in [-0.2, -0.15) is 13.2 Å². The van der Waals surface area contributed by atoms with Crippen molar-refractivity contribution < 1.29 is 27.8 Å². The summed E-state index contributed by atoms with van der Waals surface area (Å²) in [5, 5.41) is 13.5. The average molecular weight is 462 g/mol. The molecule has 10 heteroatoms. The molecule has 3 heterocycles. The lowest BCUT2D eigenvalue weighted by Gasteiger charge is -2.30. The van der Waals surface area contributed by atoms with Crippen LogP contribution >= 0.6 is 0 Å². The summed E-state index contributed by atoms with van der Waals surface area (Å²) in [6, 6.07) is 7.28. The van der Waals surface area contributed by atoms with Gasteiger partial charge in [0.2, 0.25) is 5.91 Å². The molecule has 0 saturated carbocycles. The number of anilines is 1. The number of carbonyl (C=O) groups is 1. The van der Waals surface area contributed by atoms with Crippen LogP contribution in [0.4, 0.5) is 19.0 Å². The highest BCUT2D eigenvalue weighted by Gasteiger charge is 2.34. The predicted octanol–water partition coefficient (Wildman–Crippen LogP) is 3.55. The molecule has 1 unspecified atom stereocenters. The number of rotatable bonds is 5. The zero-order valence-electron chi connectivity index (χ0n) is 18.3. The van der Waals surface area contributed by atoms with Gasteiger partial charge in [-0.05, 0) is 36.8 Å². The highest BCUT2D eigenvalue weighted by Crippen LogP contribution is 2.32. The van der Waals surface area contributed by atoms with Gasteiger partial charge in [0.05, 0.1) is 19.1 Å². The molecule has 7 nitrogen and oxygen atoms in total. The molecule has 2 N–H and O–H groups in total. The number of pyridine rings is 1. The Morgan fingerprint density at radius 3 is 2.67 bits per heavy atom. The fraction of sp³-hybridized carbons (Fsp3) is 0.391. The minimum Gasteiger partial charge on any atom is -0.508 e. The van der Waals surface area contributed by atoms with E-state index in [9.17, 15) is 23.1 Å². The predicted molar refractivity (Wildman–Crippen MR) is 117 cm³/mol. The Balaban J connectivity index is 1.56. The second-order valence-electron chi connectivity index (χ2n) is 8.11. The number of morpholine rings is 1. The molecule has 4 rings (SSSR count). The summed E-state index contributed by atoms with van der Waals surface area (Å²) in [5.41, 5.74) is 1.16. The van der Waals surface area contributed by atoms with Crippen LogP contribution in [0.25, 0.3) is 10.9 Å². The largest absolute Gasteiger partial charge is 0.508 e. The molecule has 0 bridgehead atoms. The molecule has 1 amide bonds. The number of aryl methyl sites for hydroxylation is 1. The SMILES string of the molecule is CC(C(=O)NCc1ccc(C(F)(F)F)nc1N1CCOCC1)c1cn(C)c2ccc(O)cc12. The van der Waals surface area contributed by atoms with Crippen molar-refractivity contribution in [1.82, 2.24) is 14.9 Å². The maximum absolute atomic E-state index is 13.2. The minimum absolute atomic E-state index is 0.0387. The van der Waals surface area contributed by atoms with E-state index >= 15 is 0 Å². The molecule has 1 saturated heterocycles.